The maximum Gasteiger partial charge on any atom is 0.320 e. The van der Waals surface area contributed by atoms with Crippen LogP contribution in [0.1, 0.15) is 25.7 Å². The summed E-state index contributed by atoms with van der Waals surface area (Å²) in [6.07, 6.45) is 4.42. The van der Waals surface area contributed by atoms with Crippen LogP contribution >= 0.6 is 23.5 Å². The summed E-state index contributed by atoms with van der Waals surface area (Å²) in [4.78, 5) is 10.9. The van der Waals surface area contributed by atoms with Gasteiger partial charge in [-0.05, 0) is 38.1 Å². The van der Waals surface area contributed by atoms with E-state index in [9.17, 15) is 4.79 Å². The molecule has 2 rings (SSSR count). The van der Waals surface area contributed by atoms with Crippen molar-refractivity contribution in [2.24, 2.45) is 5.92 Å². The largest absolute Gasteiger partial charge is 0.480 e. The predicted octanol–water partition coefficient (Wildman–Crippen LogP) is 2.03. The van der Waals surface area contributed by atoms with E-state index in [1.165, 1.54) is 24.3 Å². The molecule has 2 aliphatic rings. The third-order valence-electron chi connectivity index (χ3n) is 3.31. The van der Waals surface area contributed by atoms with Gasteiger partial charge >= 0.3 is 5.97 Å². The fourth-order valence-corrected chi connectivity index (χ4v) is 5.26. The monoisotopic (exact) mass is 261 g/mol. The molecular weight excluding hydrogens is 242 g/mol. The predicted molar refractivity (Wildman–Crippen MR) is 70.1 cm³/mol. The highest BCUT2D eigenvalue weighted by Gasteiger charge is 2.27. The van der Waals surface area contributed by atoms with Gasteiger partial charge in [-0.3, -0.25) is 4.79 Å². The molecule has 0 radical (unpaired) electrons. The minimum Gasteiger partial charge on any atom is -0.480 e. The number of rotatable bonds is 4. The first-order valence-electron chi connectivity index (χ1n) is 5.95. The second-order valence-electron chi connectivity index (χ2n) is 4.48. The van der Waals surface area contributed by atoms with Gasteiger partial charge in [0.05, 0.1) is 4.58 Å². The average molecular weight is 261 g/mol. The Morgan fingerprint density at radius 2 is 2.06 bits per heavy atom. The van der Waals surface area contributed by atoms with Crippen LogP contribution in [-0.2, 0) is 4.79 Å². The minimum absolute atomic E-state index is 0.303. The number of thioether (sulfide) groups is 2. The molecule has 3 nitrogen and oxygen atoms in total. The standard InChI is InChI=1S/C11H19NO2S2/c13-11(14)9-7-8(3-4-12-9)1-2-10-15-5-6-16-10/h8-10,12H,1-7H2,(H,13,14). The molecule has 0 bridgehead atoms. The second kappa shape index (κ2) is 6.17. The van der Waals surface area contributed by atoms with Crippen LogP contribution in [0, 0.1) is 5.92 Å². The van der Waals surface area contributed by atoms with Crippen LogP contribution in [0.2, 0.25) is 0 Å². The number of carboxylic acid groups (broad SMARTS) is 1. The number of hydrogen-bond acceptors (Lipinski definition) is 4. The summed E-state index contributed by atoms with van der Waals surface area (Å²) in [7, 11) is 0. The summed E-state index contributed by atoms with van der Waals surface area (Å²) in [5.74, 6) is 2.51. The summed E-state index contributed by atoms with van der Waals surface area (Å²) in [5.41, 5.74) is 0. The van der Waals surface area contributed by atoms with Crippen LogP contribution in [0.3, 0.4) is 0 Å². The Balaban J connectivity index is 1.70. The van der Waals surface area contributed by atoms with Gasteiger partial charge in [0.25, 0.3) is 0 Å². The molecule has 2 aliphatic heterocycles. The van der Waals surface area contributed by atoms with Gasteiger partial charge in [-0.15, -0.1) is 23.5 Å². The molecule has 2 N–H and O–H groups in total. The lowest BCUT2D eigenvalue weighted by Gasteiger charge is -2.28. The van der Waals surface area contributed by atoms with Crippen molar-refractivity contribution in [2.45, 2.75) is 36.3 Å². The first kappa shape index (κ1) is 12.6. The molecule has 16 heavy (non-hydrogen) atoms. The SMILES string of the molecule is O=C(O)C1CC(CCC2SCCS2)CCN1. The summed E-state index contributed by atoms with van der Waals surface area (Å²) in [6, 6.07) is -0.303. The van der Waals surface area contributed by atoms with Gasteiger partial charge in [0.1, 0.15) is 6.04 Å². The summed E-state index contributed by atoms with van der Waals surface area (Å²) in [5, 5.41) is 12.0. The first-order valence-corrected chi connectivity index (χ1v) is 8.05. The minimum atomic E-state index is -0.686. The molecule has 92 valence electrons. The highest BCUT2D eigenvalue weighted by atomic mass is 32.2. The highest BCUT2D eigenvalue weighted by Crippen LogP contribution is 2.36. The van der Waals surface area contributed by atoms with Crippen LogP contribution in [0.5, 0.6) is 0 Å². The number of nitrogens with one attached hydrogen (secondary N) is 1. The molecular formula is C11H19NO2S2. The van der Waals surface area contributed by atoms with E-state index in [0.29, 0.717) is 5.92 Å². The second-order valence-corrected chi connectivity index (χ2v) is 7.40. The first-order chi connectivity index (χ1) is 7.75. The smallest absolute Gasteiger partial charge is 0.320 e. The van der Waals surface area contributed by atoms with E-state index < -0.39 is 5.97 Å². The van der Waals surface area contributed by atoms with Crippen LogP contribution in [0.4, 0.5) is 0 Å². The maximum atomic E-state index is 10.9. The lowest BCUT2D eigenvalue weighted by atomic mass is 9.89. The summed E-state index contributed by atoms with van der Waals surface area (Å²) in [6.45, 7) is 0.868. The molecule has 0 aromatic rings. The van der Waals surface area contributed by atoms with Crippen molar-refractivity contribution < 1.29 is 9.90 Å². The van der Waals surface area contributed by atoms with E-state index in [1.807, 2.05) is 0 Å². The van der Waals surface area contributed by atoms with Gasteiger partial charge in [-0.1, -0.05) is 0 Å². The Morgan fingerprint density at radius 1 is 1.31 bits per heavy atom. The molecule has 0 amide bonds. The third-order valence-corrected chi connectivity index (χ3v) is 6.48. The van der Waals surface area contributed by atoms with E-state index in [0.717, 1.165) is 24.0 Å². The Labute approximate surface area is 105 Å². The van der Waals surface area contributed by atoms with E-state index in [-0.39, 0.29) is 6.04 Å². The van der Waals surface area contributed by atoms with Crippen molar-refractivity contribution in [3.63, 3.8) is 0 Å². The van der Waals surface area contributed by atoms with E-state index in [4.69, 9.17) is 5.11 Å². The van der Waals surface area contributed by atoms with Crippen molar-refractivity contribution in [1.82, 2.24) is 5.32 Å². The normalized spacial score (nSPS) is 31.8. The Morgan fingerprint density at radius 3 is 2.75 bits per heavy atom. The van der Waals surface area contributed by atoms with Gasteiger partial charge in [-0.2, -0.15) is 0 Å². The fourth-order valence-electron chi connectivity index (χ4n) is 2.39. The highest BCUT2D eigenvalue weighted by molar-refractivity contribution is 8.20. The molecule has 0 spiro atoms. The zero-order valence-corrected chi connectivity index (χ0v) is 11.0. The van der Waals surface area contributed by atoms with E-state index in [1.54, 1.807) is 0 Å². The molecule has 0 aromatic carbocycles. The molecule has 2 atom stereocenters. The lowest BCUT2D eigenvalue weighted by Crippen LogP contribution is -2.43. The van der Waals surface area contributed by atoms with Crippen molar-refractivity contribution in [1.29, 1.82) is 0 Å². The van der Waals surface area contributed by atoms with Crippen molar-refractivity contribution in [2.75, 3.05) is 18.1 Å². The van der Waals surface area contributed by atoms with Gasteiger partial charge in [0.15, 0.2) is 0 Å². The molecule has 0 aromatic heterocycles. The van der Waals surface area contributed by atoms with Gasteiger partial charge in [0.2, 0.25) is 0 Å². The van der Waals surface area contributed by atoms with Crippen LogP contribution < -0.4 is 5.32 Å². The van der Waals surface area contributed by atoms with Crippen molar-refractivity contribution >= 4 is 29.5 Å². The molecule has 0 aliphatic carbocycles. The number of aliphatic carboxylic acids is 1. The zero-order valence-electron chi connectivity index (χ0n) is 9.35. The molecule has 5 heteroatoms. The molecule has 2 fully saturated rings. The van der Waals surface area contributed by atoms with Crippen molar-refractivity contribution in [3.05, 3.63) is 0 Å². The van der Waals surface area contributed by atoms with Crippen LogP contribution in [0.15, 0.2) is 0 Å². The Kier molecular flexibility index (Phi) is 4.85. The third kappa shape index (κ3) is 3.57. The molecule has 2 heterocycles. The number of carboxylic acids is 1. The zero-order chi connectivity index (χ0) is 11.4. The van der Waals surface area contributed by atoms with Gasteiger partial charge < -0.3 is 10.4 Å². The maximum absolute atomic E-state index is 10.9. The van der Waals surface area contributed by atoms with Gasteiger partial charge in [-0.25, -0.2) is 0 Å². The fraction of sp³-hybridized carbons (Fsp3) is 0.909. The Hall–Kier alpha value is 0.130. The number of hydrogen-bond donors (Lipinski definition) is 2. The summed E-state index contributed by atoms with van der Waals surface area (Å²) < 4.78 is 0.776. The average Bonchev–Trinajstić information content (AvgIpc) is 2.79. The molecule has 0 saturated carbocycles. The van der Waals surface area contributed by atoms with Crippen LogP contribution in [0.25, 0.3) is 0 Å². The quantitative estimate of drug-likeness (QED) is 0.811. The van der Waals surface area contributed by atoms with E-state index in [2.05, 4.69) is 28.8 Å². The number of carbonyl (C=O) groups is 1. The number of piperidine rings is 1. The Bertz CT molecular complexity index is 244. The lowest BCUT2D eigenvalue weighted by molar-refractivity contribution is -0.140. The van der Waals surface area contributed by atoms with Crippen molar-refractivity contribution in [3.8, 4) is 0 Å². The topological polar surface area (TPSA) is 49.3 Å². The molecule has 2 saturated heterocycles. The summed E-state index contributed by atoms with van der Waals surface area (Å²) >= 11 is 4.14. The van der Waals surface area contributed by atoms with Gasteiger partial charge in [0, 0.05) is 11.5 Å². The van der Waals surface area contributed by atoms with E-state index >= 15 is 0 Å². The van der Waals surface area contributed by atoms with Crippen LogP contribution in [-0.4, -0.2) is 39.8 Å². The molecule has 2 unspecified atom stereocenters.